The lowest BCUT2D eigenvalue weighted by Gasteiger charge is -2.27. The Morgan fingerprint density at radius 1 is 1.24 bits per heavy atom. The molecule has 0 spiro atoms. The first-order valence-corrected chi connectivity index (χ1v) is 11.0. The van der Waals surface area contributed by atoms with Crippen LogP contribution in [0.4, 0.5) is 0 Å². The van der Waals surface area contributed by atoms with Gasteiger partial charge >= 0.3 is 0 Å². The SMILES string of the molecule is O=C(NCCC(=O)N1CCc2sccc2C1)c1ccc(OCC2CCCO2)cc1. The van der Waals surface area contributed by atoms with Gasteiger partial charge in [-0.3, -0.25) is 9.59 Å². The summed E-state index contributed by atoms with van der Waals surface area (Å²) in [5, 5.41) is 4.92. The number of amides is 2. The quantitative estimate of drug-likeness (QED) is 0.756. The number of carbonyl (C=O) groups excluding carboxylic acids is 2. The summed E-state index contributed by atoms with van der Waals surface area (Å²) in [6, 6.07) is 9.16. The number of ether oxygens (including phenoxy) is 2. The summed E-state index contributed by atoms with van der Waals surface area (Å²) in [5.74, 6) is 0.632. The molecule has 2 aliphatic heterocycles. The van der Waals surface area contributed by atoms with E-state index in [4.69, 9.17) is 9.47 Å². The highest BCUT2D eigenvalue weighted by atomic mass is 32.1. The Morgan fingerprint density at radius 3 is 2.90 bits per heavy atom. The van der Waals surface area contributed by atoms with Gasteiger partial charge in [-0.25, -0.2) is 0 Å². The Labute approximate surface area is 174 Å². The van der Waals surface area contributed by atoms with Crippen molar-refractivity contribution in [3.63, 3.8) is 0 Å². The molecule has 29 heavy (non-hydrogen) atoms. The Morgan fingerprint density at radius 2 is 2.10 bits per heavy atom. The summed E-state index contributed by atoms with van der Waals surface area (Å²) in [6.07, 6.45) is 3.52. The monoisotopic (exact) mass is 414 g/mol. The second kappa shape index (κ2) is 9.41. The molecule has 1 saturated heterocycles. The second-order valence-corrected chi connectivity index (χ2v) is 8.41. The summed E-state index contributed by atoms with van der Waals surface area (Å²) >= 11 is 1.76. The smallest absolute Gasteiger partial charge is 0.251 e. The van der Waals surface area contributed by atoms with Crippen molar-refractivity contribution in [3.05, 3.63) is 51.7 Å². The van der Waals surface area contributed by atoms with Gasteiger partial charge in [0.2, 0.25) is 5.91 Å². The highest BCUT2D eigenvalue weighted by molar-refractivity contribution is 7.10. The minimum Gasteiger partial charge on any atom is -0.491 e. The summed E-state index contributed by atoms with van der Waals surface area (Å²) in [5.41, 5.74) is 1.81. The van der Waals surface area contributed by atoms with Crippen LogP contribution in [0.2, 0.25) is 0 Å². The van der Waals surface area contributed by atoms with Gasteiger partial charge in [-0.2, -0.15) is 0 Å². The minimum atomic E-state index is -0.178. The lowest BCUT2D eigenvalue weighted by Crippen LogP contribution is -2.37. The molecule has 1 atom stereocenters. The largest absolute Gasteiger partial charge is 0.491 e. The molecule has 0 bridgehead atoms. The number of thiophene rings is 1. The summed E-state index contributed by atoms with van der Waals surface area (Å²) in [6.45, 7) is 3.12. The standard InChI is InChI=1S/C22H26N2O4S/c25-21(24-11-8-20-17(14-24)9-13-29-20)7-10-23-22(26)16-3-5-18(6-4-16)28-15-19-2-1-12-27-19/h3-6,9,13,19H,1-2,7-8,10-12,14-15H2,(H,23,26). The lowest BCUT2D eigenvalue weighted by molar-refractivity contribution is -0.131. The van der Waals surface area contributed by atoms with Crippen molar-refractivity contribution in [2.24, 2.45) is 0 Å². The maximum Gasteiger partial charge on any atom is 0.251 e. The van der Waals surface area contributed by atoms with Gasteiger partial charge in [0.1, 0.15) is 12.4 Å². The molecule has 2 aromatic rings. The van der Waals surface area contributed by atoms with Gasteiger partial charge in [0.15, 0.2) is 0 Å². The van der Waals surface area contributed by atoms with Crippen molar-refractivity contribution in [2.45, 2.75) is 38.3 Å². The Bertz CT molecular complexity index is 843. The third-order valence-electron chi connectivity index (χ3n) is 5.36. The van der Waals surface area contributed by atoms with Crippen LogP contribution in [0.3, 0.4) is 0 Å². The number of nitrogens with one attached hydrogen (secondary N) is 1. The Balaban J connectivity index is 1.19. The van der Waals surface area contributed by atoms with Crippen molar-refractivity contribution in [1.29, 1.82) is 0 Å². The van der Waals surface area contributed by atoms with E-state index in [9.17, 15) is 9.59 Å². The van der Waals surface area contributed by atoms with Gasteiger partial charge < -0.3 is 19.7 Å². The zero-order valence-electron chi connectivity index (χ0n) is 16.4. The number of hydrogen-bond donors (Lipinski definition) is 1. The van der Waals surface area contributed by atoms with Gasteiger partial charge in [-0.05, 0) is 60.5 Å². The average Bonchev–Trinajstić information content (AvgIpc) is 3.43. The molecule has 6 nitrogen and oxygen atoms in total. The van der Waals surface area contributed by atoms with Crippen LogP contribution in [0.5, 0.6) is 5.75 Å². The molecule has 1 aromatic carbocycles. The fourth-order valence-electron chi connectivity index (χ4n) is 3.67. The van der Waals surface area contributed by atoms with Crippen molar-refractivity contribution in [3.8, 4) is 5.75 Å². The number of hydrogen-bond acceptors (Lipinski definition) is 5. The van der Waals surface area contributed by atoms with Gasteiger partial charge in [-0.15, -0.1) is 11.3 Å². The van der Waals surface area contributed by atoms with Crippen LogP contribution in [-0.2, 0) is 22.5 Å². The summed E-state index contributed by atoms with van der Waals surface area (Å²) < 4.78 is 11.3. The van der Waals surface area contributed by atoms with Crippen molar-refractivity contribution < 1.29 is 19.1 Å². The van der Waals surface area contributed by atoms with Crippen molar-refractivity contribution in [1.82, 2.24) is 10.2 Å². The van der Waals surface area contributed by atoms with Gasteiger partial charge in [0.25, 0.3) is 5.91 Å². The first-order chi connectivity index (χ1) is 14.2. The third kappa shape index (κ3) is 5.16. The first-order valence-electron chi connectivity index (χ1n) is 10.1. The molecule has 2 aliphatic rings. The van der Waals surface area contributed by atoms with E-state index in [0.29, 0.717) is 31.7 Å². The number of carbonyl (C=O) groups is 2. The molecule has 1 fully saturated rings. The van der Waals surface area contributed by atoms with E-state index in [1.165, 1.54) is 10.4 Å². The summed E-state index contributed by atoms with van der Waals surface area (Å²) in [7, 11) is 0. The molecule has 7 heteroatoms. The van der Waals surface area contributed by atoms with E-state index in [1.54, 1.807) is 35.6 Å². The fraction of sp³-hybridized carbons (Fsp3) is 0.455. The number of nitrogens with zero attached hydrogens (tertiary/aromatic N) is 1. The molecule has 0 aliphatic carbocycles. The fourth-order valence-corrected chi connectivity index (χ4v) is 4.56. The van der Waals surface area contributed by atoms with Crippen LogP contribution >= 0.6 is 11.3 Å². The lowest BCUT2D eigenvalue weighted by atomic mass is 10.1. The van der Waals surface area contributed by atoms with E-state index >= 15 is 0 Å². The van der Waals surface area contributed by atoms with Gasteiger partial charge in [0.05, 0.1) is 6.10 Å². The van der Waals surface area contributed by atoms with Crippen LogP contribution in [0.25, 0.3) is 0 Å². The zero-order chi connectivity index (χ0) is 20.1. The Hall–Kier alpha value is -2.38. The highest BCUT2D eigenvalue weighted by Crippen LogP contribution is 2.24. The van der Waals surface area contributed by atoms with E-state index in [0.717, 1.165) is 38.2 Å². The van der Waals surface area contributed by atoms with E-state index in [1.807, 2.05) is 4.90 Å². The van der Waals surface area contributed by atoms with Crippen molar-refractivity contribution >= 4 is 23.2 Å². The highest BCUT2D eigenvalue weighted by Gasteiger charge is 2.21. The first kappa shape index (κ1) is 19.9. The molecule has 3 heterocycles. The average molecular weight is 415 g/mol. The predicted molar refractivity (Wildman–Crippen MR) is 111 cm³/mol. The zero-order valence-corrected chi connectivity index (χ0v) is 17.2. The summed E-state index contributed by atoms with van der Waals surface area (Å²) in [4.78, 5) is 28.0. The molecule has 0 saturated carbocycles. The molecule has 1 unspecified atom stereocenters. The molecule has 2 amide bonds. The van der Waals surface area contributed by atoms with E-state index in [-0.39, 0.29) is 17.9 Å². The maximum atomic E-state index is 12.4. The van der Waals surface area contributed by atoms with E-state index < -0.39 is 0 Å². The van der Waals surface area contributed by atoms with Crippen molar-refractivity contribution in [2.75, 3.05) is 26.3 Å². The van der Waals surface area contributed by atoms with Crippen LogP contribution in [0, 0.1) is 0 Å². The second-order valence-electron chi connectivity index (χ2n) is 7.41. The van der Waals surface area contributed by atoms with Crippen LogP contribution in [0.1, 0.15) is 40.1 Å². The number of benzene rings is 1. The molecular weight excluding hydrogens is 388 g/mol. The predicted octanol–water partition coefficient (Wildman–Crippen LogP) is 3.01. The number of fused-ring (bicyclic) bond motifs is 1. The van der Waals surface area contributed by atoms with Gasteiger partial charge in [0, 0.05) is 43.1 Å². The minimum absolute atomic E-state index is 0.0834. The molecule has 1 N–H and O–H groups in total. The molecule has 154 valence electrons. The maximum absolute atomic E-state index is 12.4. The number of rotatable bonds is 7. The third-order valence-corrected chi connectivity index (χ3v) is 6.38. The normalized spacial score (nSPS) is 18.3. The van der Waals surface area contributed by atoms with Crippen LogP contribution < -0.4 is 10.1 Å². The molecule has 1 aromatic heterocycles. The van der Waals surface area contributed by atoms with E-state index in [2.05, 4.69) is 16.8 Å². The Kier molecular flexibility index (Phi) is 6.46. The van der Waals surface area contributed by atoms with Gasteiger partial charge in [-0.1, -0.05) is 0 Å². The molecule has 4 rings (SSSR count). The molecule has 0 radical (unpaired) electrons. The topological polar surface area (TPSA) is 67.9 Å². The van der Waals surface area contributed by atoms with Crippen LogP contribution in [-0.4, -0.2) is 49.1 Å². The molecular formula is C22H26N2O4S. The van der Waals surface area contributed by atoms with Crippen LogP contribution in [0.15, 0.2) is 35.7 Å².